The van der Waals surface area contributed by atoms with Gasteiger partial charge in [0.15, 0.2) is 0 Å². The Morgan fingerprint density at radius 3 is 1.69 bits per heavy atom. The van der Waals surface area contributed by atoms with Gasteiger partial charge in [0.2, 0.25) is 0 Å². The summed E-state index contributed by atoms with van der Waals surface area (Å²) in [5.74, 6) is 0. The highest BCUT2D eigenvalue weighted by molar-refractivity contribution is 5.81. The highest BCUT2D eigenvalue weighted by Gasteiger charge is 2.14. The van der Waals surface area contributed by atoms with Crippen LogP contribution in [0.15, 0.2) is 12.1 Å². The van der Waals surface area contributed by atoms with E-state index in [1.54, 1.807) is 0 Å². The molecule has 0 amide bonds. The van der Waals surface area contributed by atoms with E-state index in [1.165, 1.54) is 35.4 Å². The van der Waals surface area contributed by atoms with E-state index in [2.05, 4.69) is 26.0 Å². The first-order chi connectivity index (χ1) is 7.75. The monoisotopic (exact) mass is 212 g/mol. The predicted octanol–water partition coefficient (Wildman–Crippen LogP) is 3.13. The van der Waals surface area contributed by atoms with Crippen LogP contribution in [0.3, 0.4) is 0 Å². The molecule has 0 spiro atoms. The van der Waals surface area contributed by atoms with Crippen molar-refractivity contribution in [3.8, 4) is 0 Å². The summed E-state index contributed by atoms with van der Waals surface area (Å²) in [7, 11) is 0. The molecular weight excluding hydrogens is 196 g/mol. The molecular formula is C14H16N2. The van der Waals surface area contributed by atoms with Crippen LogP contribution in [0, 0.1) is 13.8 Å². The first-order valence-electron chi connectivity index (χ1n) is 6.01. The van der Waals surface area contributed by atoms with E-state index >= 15 is 0 Å². The zero-order valence-corrected chi connectivity index (χ0v) is 9.88. The zero-order valence-electron chi connectivity index (χ0n) is 9.88. The Morgan fingerprint density at radius 1 is 0.812 bits per heavy atom. The van der Waals surface area contributed by atoms with Gasteiger partial charge in [-0.25, -0.2) is 9.97 Å². The Kier molecular flexibility index (Phi) is 2.16. The van der Waals surface area contributed by atoms with Crippen LogP contribution in [0.25, 0.3) is 11.0 Å². The van der Waals surface area contributed by atoms with Gasteiger partial charge in [0.1, 0.15) is 0 Å². The number of aromatic nitrogens is 2. The number of hydrogen-bond donors (Lipinski definition) is 0. The fraction of sp³-hybridized carbons (Fsp3) is 0.429. The van der Waals surface area contributed by atoms with Crippen LogP contribution in [-0.2, 0) is 12.8 Å². The maximum absolute atomic E-state index is 4.81. The molecule has 1 heterocycles. The quantitative estimate of drug-likeness (QED) is 0.670. The SMILES string of the molecule is Cc1ccc(C)c2nc3c(nc12)CCCC3. The summed E-state index contributed by atoms with van der Waals surface area (Å²) < 4.78 is 0. The Balaban J connectivity index is 2.35. The molecule has 16 heavy (non-hydrogen) atoms. The van der Waals surface area contributed by atoms with Crippen LogP contribution < -0.4 is 0 Å². The lowest BCUT2D eigenvalue weighted by Crippen LogP contribution is -2.09. The minimum absolute atomic E-state index is 1.10. The van der Waals surface area contributed by atoms with Crippen LogP contribution >= 0.6 is 0 Å². The first kappa shape index (κ1) is 9.76. The molecule has 1 aromatic heterocycles. The second-order valence-corrected chi connectivity index (χ2v) is 4.72. The van der Waals surface area contributed by atoms with Crippen molar-refractivity contribution in [2.24, 2.45) is 0 Å². The topological polar surface area (TPSA) is 25.8 Å². The van der Waals surface area contributed by atoms with Gasteiger partial charge in [-0.15, -0.1) is 0 Å². The van der Waals surface area contributed by atoms with Gasteiger partial charge >= 0.3 is 0 Å². The predicted molar refractivity (Wildman–Crippen MR) is 65.7 cm³/mol. The van der Waals surface area contributed by atoms with Crippen molar-refractivity contribution in [2.45, 2.75) is 39.5 Å². The molecule has 0 atom stereocenters. The summed E-state index contributed by atoms with van der Waals surface area (Å²) in [6, 6.07) is 4.28. The van der Waals surface area contributed by atoms with Gasteiger partial charge in [0.25, 0.3) is 0 Å². The molecule has 2 nitrogen and oxygen atoms in total. The fourth-order valence-electron chi connectivity index (χ4n) is 2.45. The molecule has 0 bridgehead atoms. The minimum atomic E-state index is 1.10. The summed E-state index contributed by atoms with van der Waals surface area (Å²) in [5.41, 5.74) is 7.13. The molecule has 2 aromatic rings. The molecule has 0 fully saturated rings. The lowest BCUT2D eigenvalue weighted by atomic mass is 9.99. The van der Waals surface area contributed by atoms with Crippen molar-refractivity contribution in [3.05, 3.63) is 34.6 Å². The van der Waals surface area contributed by atoms with Gasteiger partial charge in [0, 0.05) is 0 Å². The number of hydrogen-bond acceptors (Lipinski definition) is 2. The maximum Gasteiger partial charge on any atom is 0.0922 e. The van der Waals surface area contributed by atoms with Crippen LogP contribution in [-0.4, -0.2) is 9.97 Å². The average molecular weight is 212 g/mol. The highest BCUT2D eigenvalue weighted by atomic mass is 14.8. The number of rotatable bonds is 0. The highest BCUT2D eigenvalue weighted by Crippen LogP contribution is 2.24. The third-order valence-corrected chi connectivity index (χ3v) is 3.46. The number of nitrogens with zero attached hydrogens (tertiary/aromatic N) is 2. The van der Waals surface area contributed by atoms with E-state index in [-0.39, 0.29) is 0 Å². The summed E-state index contributed by atoms with van der Waals surface area (Å²) in [5, 5.41) is 0. The molecule has 0 saturated heterocycles. The Hall–Kier alpha value is -1.44. The summed E-state index contributed by atoms with van der Waals surface area (Å²) >= 11 is 0. The lowest BCUT2D eigenvalue weighted by molar-refractivity contribution is 0.654. The molecule has 3 rings (SSSR count). The van der Waals surface area contributed by atoms with Crippen LogP contribution in [0.5, 0.6) is 0 Å². The van der Waals surface area contributed by atoms with E-state index in [9.17, 15) is 0 Å². The molecule has 0 radical (unpaired) electrons. The Bertz CT molecular complexity index is 508. The van der Waals surface area contributed by atoms with Crippen molar-refractivity contribution in [2.75, 3.05) is 0 Å². The normalized spacial score (nSPS) is 15.1. The first-order valence-corrected chi connectivity index (χ1v) is 6.01. The minimum Gasteiger partial charge on any atom is -0.249 e. The molecule has 82 valence electrons. The van der Waals surface area contributed by atoms with Crippen LogP contribution in [0.4, 0.5) is 0 Å². The van der Waals surface area contributed by atoms with Gasteiger partial charge in [-0.05, 0) is 50.7 Å². The largest absolute Gasteiger partial charge is 0.249 e. The van der Waals surface area contributed by atoms with Gasteiger partial charge in [-0.1, -0.05) is 12.1 Å². The molecule has 0 unspecified atom stereocenters. The average Bonchev–Trinajstić information content (AvgIpc) is 2.32. The summed E-state index contributed by atoms with van der Waals surface area (Å²) in [6.45, 7) is 4.23. The number of benzene rings is 1. The van der Waals surface area contributed by atoms with Gasteiger partial charge < -0.3 is 0 Å². The molecule has 1 aliphatic rings. The molecule has 0 N–H and O–H groups in total. The standard InChI is InChI=1S/C14H16N2/c1-9-7-8-10(2)14-13(9)15-11-5-3-4-6-12(11)16-14/h7-8H,3-6H2,1-2H3. The second-order valence-electron chi connectivity index (χ2n) is 4.72. The number of aryl methyl sites for hydroxylation is 4. The molecule has 1 aliphatic carbocycles. The van der Waals surface area contributed by atoms with Crippen molar-refractivity contribution in [3.63, 3.8) is 0 Å². The Morgan fingerprint density at radius 2 is 1.25 bits per heavy atom. The van der Waals surface area contributed by atoms with E-state index in [1.807, 2.05) is 0 Å². The maximum atomic E-state index is 4.81. The molecule has 0 aliphatic heterocycles. The van der Waals surface area contributed by atoms with E-state index in [0.717, 1.165) is 23.9 Å². The summed E-state index contributed by atoms with van der Waals surface area (Å²) in [6.07, 6.45) is 4.73. The fourth-order valence-corrected chi connectivity index (χ4v) is 2.45. The molecule has 1 aromatic carbocycles. The Labute approximate surface area is 95.7 Å². The third kappa shape index (κ3) is 1.41. The van der Waals surface area contributed by atoms with E-state index < -0.39 is 0 Å². The van der Waals surface area contributed by atoms with Crippen LogP contribution in [0.2, 0.25) is 0 Å². The van der Waals surface area contributed by atoms with Crippen molar-refractivity contribution < 1.29 is 0 Å². The van der Waals surface area contributed by atoms with Crippen molar-refractivity contribution in [1.82, 2.24) is 9.97 Å². The lowest BCUT2D eigenvalue weighted by Gasteiger charge is -2.15. The smallest absolute Gasteiger partial charge is 0.0922 e. The van der Waals surface area contributed by atoms with E-state index in [4.69, 9.17) is 9.97 Å². The van der Waals surface area contributed by atoms with Gasteiger partial charge in [-0.2, -0.15) is 0 Å². The van der Waals surface area contributed by atoms with E-state index in [0.29, 0.717) is 0 Å². The zero-order chi connectivity index (χ0) is 11.1. The van der Waals surface area contributed by atoms with Crippen LogP contribution in [0.1, 0.15) is 35.4 Å². The van der Waals surface area contributed by atoms with Crippen molar-refractivity contribution in [1.29, 1.82) is 0 Å². The second kappa shape index (κ2) is 3.55. The van der Waals surface area contributed by atoms with Gasteiger partial charge in [-0.3, -0.25) is 0 Å². The van der Waals surface area contributed by atoms with Gasteiger partial charge in [0.05, 0.1) is 22.4 Å². The van der Waals surface area contributed by atoms with Crippen molar-refractivity contribution >= 4 is 11.0 Å². The summed E-state index contributed by atoms with van der Waals surface area (Å²) in [4.78, 5) is 9.63. The number of fused-ring (bicyclic) bond motifs is 2. The third-order valence-electron chi connectivity index (χ3n) is 3.46. The molecule has 2 heteroatoms. The molecule has 0 saturated carbocycles.